The number of aliphatic hydroxyl groups is 1. The smallest absolute Gasteiger partial charge is 0.147 e. The van der Waals surface area contributed by atoms with Crippen LogP contribution in [0.4, 0.5) is 0 Å². The second-order valence-corrected chi connectivity index (χ2v) is 10.5. The normalized spacial score (nSPS) is 27.8. The average molecular weight is 467 g/mol. The third-order valence-corrected chi connectivity index (χ3v) is 6.07. The Morgan fingerprint density at radius 1 is 1.25 bits per heavy atom. The van der Waals surface area contributed by atoms with Gasteiger partial charge in [0, 0.05) is 18.5 Å². The lowest BCUT2D eigenvalue weighted by Crippen LogP contribution is -2.47. The van der Waals surface area contributed by atoms with Gasteiger partial charge in [0.15, 0.2) is 0 Å². The van der Waals surface area contributed by atoms with E-state index in [0.29, 0.717) is 12.8 Å². The van der Waals surface area contributed by atoms with Crippen LogP contribution in [0.3, 0.4) is 0 Å². The van der Waals surface area contributed by atoms with E-state index in [1.54, 1.807) is 14.2 Å². The summed E-state index contributed by atoms with van der Waals surface area (Å²) >= 11 is 3.54. The standard InChI is InChI=1S/C21H39BrO6/c1-8-9-17(26-14-24-6)21(5)13-11-18(28-21)20(4,27-15-25-7)12-10-16(23)19(2,3)22/h8-9,16-18,23H,10-15H2,1-7H3/b9-8+/t16-,17+,18+,20-,21-/m0/s1. The predicted molar refractivity (Wildman–Crippen MR) is 114 cm³/mol. The van der Waals surface area contributed by atoms with E-state index in [2.05, 4.69) is 22.9 Å². The van der Waals surface area contributed by atoms with Crippen LogP contribution in [0, 0.1) is 0 Å². The highest BCUT2D eigenvalue weighted by molar-refractivity contribution is 9.10. The molecule has 1 heterocycles. The fraction of sp³-hybridized carbons (Fsp3) is 0.905. The highest BCUT2D eigenvalue weighted by Gasteiger charge is 2.49. The highest BCUT2D eigenvalue weighted by Crippen LogP contribution is 2.42. The first kappa shape index (κ1) is 26.0. The van der Waals surface area contributed by atoms with Crippen LogP contribution in [0.15, 0.2) is 12.2 Å². The molecule has 1 fully saturated rings. The molecule has 0 unspecified atom stereocenters. The van der Waals surface area contributed by atoms with Crippen molar-refractivity contribution < 1.29 is 28.8 Å². The molecule has 0 aromatic heterocycles. The Balaban J connectivity index is 2.91. The topological polar surface area (TPSA) is 66.4 Å². The lowest BCUT2D eigenvalue weighted by molar-refractivity contribution is -0.213. The molecule has 7 heteroatoms. The first-order valence-corrected chi connectivity index (χ1v) is 10.7. The van der Waals surface area contributed by atoms with Crippen LogP contribution >= 0.6 is 15.9 Å². The van der Waals surface area contributed by atoms with E-state index >= 15 is 0 Å². The summed E-state index contributed by atoms with van der Waals surface area (Å²) in [5.41, 5.74) is -1.05. The van der Waals surface area contributed by atoms with Gasteiger partial charge in [0.25, 0.3) is 0 Å². The largest absolute Gasteiger partial charge is 0.392 e. The second-order valence-electron chi connectivity index (χ2n) is 8.46. The third kappa shape index (κ3) is 7.35. The number of aliphatic hydroxyl groups excluding tert-OH is 1. The summed E-state index contributed by atoms with van der Waals surface area (Å²) < 4.78 is 28.4. The molecule has 5 atom stereocenters. The number of ether oxygens (including phenoxy) is 5. The average Bonchev–Trinajstić information content (AvgIpc) is 3.04. The number of allylic oxidation sites excluding steroid dienone is 1. The minimum atomic E-state index is -0.575. The Bertz CT molecular complexity index is 480. The maximum absolute atomic E-state index is 10.5. The zero-order valence-corrected chi connectivity index (χ0v) is 20.1. The van der Waals surface area contributed by atoms with E-state index in [0.717, 1.165) is 12.8 Å². The van der Waals surface area contributed by atoms with Gasteiger partial charge >= 0.3 is 0 Å². The van der Waals surface area contributed by atoms with E-state index in [-0.39, 0.29) is 30.1 Å². The van der Waals surface area contributed by atoms with Gasteiger partial charge in [-0.3, -0.25) is 0 Å². The Kier molecular flexibility index (Phi) is 10.6. The molecule has 0 radical (unpaired) electrons. The molecule has 0 saturated carbocycles. The molecule has 1 rings (SSSR count). The predicted octanol–water partition coefficient (Wildman–Crippen LogP) is 4.18. The molecule has 0 amide bonds. The molecular formula is C21H39BrO6. The van der Waals surface area contributed by atoms with Gasteiger partial charge in [0.1, 0.15) is 19.7 Å². The van der Waals surface area contributed by atoms with Gasteiger partial charge < -0.3 is 28.8 Å². The SMILES string of the molecule is C/C=C/[C@@H](OCOC)[C@]1(C)CC[C@H]([C@](C)(CC[C@H](O)C(C)(C)Br)OCOC)O1. The van der Waals surface area contributed by atoms with Crippen LogP contribution in [0.25, 0.3) is 0 Å². The molecule has 6 nitrogen and oxygen atoms in total. The first-order valence-electron chi connectivity index (χ1n) is 9.93. The van der Waals surface area contributed by atoms with Crippen LogP contribution in [-0.2, 0) is 23.7 Å². The zero-order chi connectivity index (χ0) is 21.4. The Labute approximate surface area is 179 Å². The summed E-state index contributed by atoms with van der Waals surface area (Å²) in [7, 11) is 3.22. The van der Waals surface area contributed by atoms with Crippen molar-refractivity contribution in [2.24, 2.45) is 0 Å². The number of alkyl halides is 1. The van der Waals surface area contributed by atoms with Crippen molar-refractivity contribution in [3.63, 3.8) is 0 Å². The number of hydrogen-bond acceptors (Lipinski definition) is 6. The molecule has 0 spiro atoms. The van der Waals surface area contributed by atoms with Crippen molar-refractivity contribution in [3.05, 3.63) is 12.2 Å². The first-order chi connectivity index (χ1) is 13.0. The summed E-state index contributed by atoms with van der Waals surface area (Å²) in [5.74, 6) is 0. The molecule has 28 heavy (non-hydrogen) atoms. The third-order valence-electron chi connectivity index (χ3n) is 5.54. The number of halogens is 1. The molecule has 0 bridgehead atoms. The van der Waals surface area contributed by atoms with Crippen LogP contribution in [0.1, 0.15) is 60.3 Å². The van der Waals surface area contributed by atoms with Gasteiger partial charge in [-0.2, -0.15) is 0 Å². The molecular weight excluding hydrogens is 428 g/mol. The van der Waals surface area contributed by atoms with Crippen LogP contribution < -0.4 is 0 Å². The molecule has 1 saturated heterocycles. The van der Waals surface area contributed by atoms with Crippen molar-refractivity contribution in [1.29, 1.82) is 0 Å². The summed E-state index contributed by atoms with van der Waals surface area (Å²) in [5, 5.41) is 10.5. The van der Waals surface area contributed by atoms with Gasteiger partial charge in [-0.05, 0) is 60.3 Å². The maximum atomic E-state index is 10.5. The van der Waals surface area contributed by atoms with E-state index in [1.807, 2.05) is 39.8 Å². The molecule has 0 aromatic rings. The van der Waals surface area contributed by atoms with Crippen molar-refractivity contribution in [2.45, 2.75) is 94.1 Å². The minimum absolute atomic E-state index is 0.128. The van der Waals surface area contributed by atoms with Crippen molar-refractivity contribution in [3.8, 4) is 0 Å². The van der Waals surface area contributed by atoms with Gasteiger partial charge in [-0.15, -0.1) is 0 Å². The van der Waals surface area contributed by atoms with Gasteiger partial charge in [0.05, 0.1) is 23.4 Å². The van der Waals surface area contributed by atoms with Gasteiger partial charge in [0.2, 0.25) is 0 Å². The van der Waals surface area contributed by atoms with Crippen LogP contribution in [0.2, 0.25) is 0 Å². The summed E-state index contributed by atoms with van der Waals surface area (Å²) in [4.78, 5) is 0. The lowest BCUT2D eigenvalue weighted by Gasteiger charge is -2.39. The van der Waals surface area contributed by atoms with E-state index in [1.165, 1.54) is 0 Å². The van der Waals surface area contributed by atoms with Crippen molar-refractivity contribution >= 4 is 15.9 Å². The fourth-order valence-electron chi connectivity index (χ4n) is 3.54. The summed E-state index contributed by atoms with van der Waals surface area (Å²) in [6.45, 7) is 10.4. The van der Waals surface area contributed by atoms with Gasteiger partial charge in [-0.25, -0.2) is 0 Å². The molecule has 166 valence electrons. The van der Waals surface area contributed by atoms with E-state index < -0.39 is 17.3 Å². The Morgan fingerprint density at radius 3 is 2.43 bits per heavy atom. The monoisotopic (exact) mass is 466 g/mol. The van der Waals surface area contributed by atoms with Crippen LogP contribution in [-0.4, -0.2) is 66.8 Å². The van der Waals surface area contributed by atoms with Crippen molar-refractivity contribution in [2.75, 3.05) is 27.8 Å². The lowest BCUT2D eigenvalue weighted by atomic mass is 9.87. The number of rotatable bonds is 13. The molecule has 1 aliphatic heterocycles. The molecule has 0 aliphatic carbocycles. The van der Waals surface area contributed by atoms with Crippen LogP contribution in [0.5, 0.6) is 0 Å². The van der Waals surface area contributed by atoms with E-state index in [4.69, 9.17) is 23.7 Å². The fourth-order valence-corrected chi connectivity index (χ4v) is 3.77. The maximum Gasteiger partial charge on any atom is 0.147 e. The summed E-state index contributed by atoms with van der Waals surface area (Å²) in [6, 6.07) is 0. The number of methoxy groups -OCH3 is 2. The van der Waals surface area contributed by atoms with E-state index in [9.17, 15) is 5.11 Å². The highest BCUT2D eigenvalue weighted by atomic mass is 79.9. The quantitative estimate of drug-likeness (QED) is 0.249. The molecule has 0 aromatic carbocycles. The molecule has 1 N–H and O–H groups in total. The van der Waals surface area contributed by atoms with Crippen molar-refractivity contribution in [1.82, 2.24) is 0 Å². The Morgan fingerprint density at radius 2 is 1.89 bits per heavy atom. The zero-order valence-electron chi connectivity index (χ0n) is 18.5. The Hall–Kier alpha value is -0.0200. The van der Waals surface area contributed by atoms with Gasteiger partial charge in [-0.1, -0.05) is 28.1 Å². The second kappa shape index (κ2) is 11.4. The molecule has 1 aliphatic rings. The number of hydrogen-bond donors (Lipinski definition) is 1. The summed E-state index contributed by atoms with van der Waals surface area (Å²) in [6.07, 6.45) is 6.07. The minimum Gasteiger partial charge on any atom is -0.392 e.